The topological polar surface area (TPSA) is 9.23 Å². The predicted molar refractivity (Wildman–Crippen MR) is 59.3 cm³/mol. The maximum absolute atomic E-state index is 6.08. The zero-order valence-electron chi connectivity index (χ0n) is 9.51. The highest BCUT2D eigenvalue weighted by atomic mass is 16.5. The van der Waals surface area contributed by atoms with Crippen molar-refractivity contribution < 1.29 is 4.74 Å². The van der Waals surface area contributed by atoms with Gasteiger partial charge in [0, 0.05) is 0 Å². The van der Waals surface area contributed by atoms with Crippen molar-refractivity contribution in [2.45, 2.75) is 58.0 Å². The molecule has 1 fully saturated rings. The Morgan fingerprint density at radius 1 is 1.07 bits per heavy atom. The van der Waals surface area contributed by atoms with E-state index in [-0.39, 0.29) is 5.60 Å². The molecule has 0 unspecified atom stereocenters. The van der Waals surface area contributed by atoms with Crippen molar-refractivity contribution in [1.29, 1.82) is 0 Å². The van der Waals surface area contributed by atoms with Gasteiger partial charge in [0.05, 0.1) is 12.2 Å². The van der Waals surface area contributed by atoms with Crippen molar-refractivity contribution in [3.8, 4) is 0 Å². The van der Waals surface area contributed by atoms with Crippen molar-refractivity contribution >= 4 is 0 Å². The fourth-order valence-electron chi connectivity index (χ4n) is 3.10. The number of ether oxygens (including phenoxy) is 1. The molecule has 14 heavy (non-hydrogen) atoms. The highest BCUT2D eigenvalue weighted by Gasteiger charge is 2.40. The van der Waals surface area contributed by atoms with E-state index in [1.54, 1.807) is 0 Å². The summed E-state index contributed by atoms with van der Waals surface area (Å²) >= 11 is 0. The molecule has 0 saturated heterocycles. The Kier molecular flexibility index (Phi) is 2.70. The number of allylic oxidation sites excluding steroid dienone is 1. The molecule has 1 atom stereocenters. The molecule has 80 valence electrons. The molecule has 1 saturated carbocycles. The van der Waals surface area contributed by atoms with Crippen LogP contribution in [0.4, 0.5) is 0 Å². The van der Waals surface area contributed by atoms with E-state index in [1.807, 2.05) is 0 Å². The lowest BCUT2D eigenvalue weighted by molar-refractivity contribution is -0.0894. The third-order valence-electron chi connectivity index (χ3n) is 3.71. The molecule has 0 N–H and O–H groups in total. The average Bonchev–Trinajstić information content (AvgIpc) is 2.29. The number of hydrogen-bond donors (Lipinski definition) is 0. The van der Waals surface area contributed by atoms with Crippen LogP contribution < -0.4 is 0 Å². The minimum Gasteiger partial charge on any atom is -0.371 e. The maximum atomic E-state index is 6.08. The molecular weight excluding hydrogens is 172 g/mol. The van der Waals surface area contributed by atoms with Crippen LogP contribution in [0.3, 0.4) is 0 Å². The Morgan fingerprint density at radius 3 is 2.71 bits per heavy atom. The minimum absolute atomic E-state index is 0.214. The molecule has 0 amide bonds. The van der Waals surface area contributed by atoms with Gasteiger partial charge in [-0.2, -0.15) is 0 Å². The largest absolute Gasteiger partial charge is 0.371 e. The second kappa shape index (κ2) is 3.69. The second-order valence-electron chi connectivity index (χ2n) is 5.70. The average molecular weight is 194 g/mol. The third kappa shape index (κ3) is 2.20. The van der Waals surface area contributed by atoms with Gasteiger partial charge < -0.3 is 4.74 Å². The van der Waals surface area contributed by atoms with Crippen LogP contribution in [0.15, 0.2) is 12.2 Å². The monoisotopic (exact) mass is 194 g/mol. The van der Waals surface area contributed by atoms with Gasteiger partial charge in [-0.3, -0.25) is 0 Å². The first-order chi connectivity index (χ1) is 6.62. The van der Waals surface area contributed by atoms with Gasteiger partial charge in [0.2, 0.25) is 0 Å². The van der Waals surface area contributed by atoms with E-state index in [0.717, 1.165) is 6.61 Å². The van der Waals surface area contributed by atoms with E-state index in [0.29, 0.717) is 5.41 Å². The van der Waals surface area contributed by atoms with Crippen LogP contribution >= 0.6 is 0 Å². The van der Waals surface area contributed by atoms with Crippen molar-refractivity contribution in [1.82, 2.24) is 0 Å². The van der Waals surface area contributed by atoms with E-state index in [1.165, 1.54) is 38.5 Å². The van der Waals surface area contributed by atoms with Crippen molar-refractivity contribution in [2.24, 2.45) is 5.41 Å². The van der Waals surface area contributed by atoms with Gasteiger partial charge in [-0.15, -0.1) is 0 Å². The Morgan fingerprint density at radius 2 is 1.93 bits per heavy atom. The SMILES string of the molecule is CC1(C)CCC[C@@]2(CCC=CCO2)C1. The quantitative estimate of drug-likeness (QED) is 0.534. The second-order valence-corrected chi connectivity index (χ2v) is 5.70. The molecular formula is C13H22O. The molecule has 0 bridgehead atoms. The molecule has 0 aromatic carbocycles. The molecule has 2 aliphatic rings. The Hall–Kier alpha value is -0.300. The molecule has 1 aliphatic carbocycles. The molecule has 1 aliphatic heterocycles. The highest BCUT2D eigenvalue weighted by Crippen LogP contribution is 2.45. The fraction of sp³-hybridized carbons (Fsp3) is 0.846. The van der Waals surface area contributed by atoms with Crippen LogP contribution in [0.5, 0.6) is 0 Å². The van der Waals surface area contributed by atoms with Gasteiger partial charge in [-0.1, -0.05) is 32.4 Å². The van der Waals surface area contributed by atoms with Gasteiger partial charge in [0.25, 0.3) is 0 Å². The first kappa shape index (κ1) is 10.2. The lowest BCUT2D eigenvalue weighted by Gasteiger charge is -2.44. The van der Waals surface area contributed by atoms with Gasteiger partial charge >= 0.3 is 0 Å². The molecule has 1 nitrogen and oxygen atoms in total. The zero-order chi connectivity index (χ0) is 10.1. The van der Waals surface area contributed by atoms with Crippen molar-refractivity contribution in [3.05, 3.63) is 12.2 Å². The summed E-state index contributed by atoms with van der Waals surface area (Å²) in [6.45, 7) is 5.60. The van der Waals surface area contributed by atoms with E-state index in [2.05, 4.69) is 26.0 Å². The maximum Gasteiger partial charge on any atom is 0.0694 e. The summed E-state index contributed by atoms with van der Waals surface area (Å²) in [7, 11) is 0. The van der Waals surface area contributed by atoms with E-state index in [9.17, 15) is 0 Å². The molecule has 1 heteroatoms. The molecule has 0 radical (unpaired) electrons. The van der Waals surface area contributed by atoms with Gasteiger partial charge in [-0.05, 0) is 37.5 Å². The van der Waals surface area contributed by atoms with Crippen molar-refractivity contribution in [3.63, 3.8) is 0 Å². The van der Waals surface area contributed by atoms with E-state index >= 15 is 0 Å². The number of hydrogen-bond acceptors (Lipinski definition) is 1. The molecule has 1 heterocycles. The van der Waals surface area contributed by atoms with Crippen LogP contribution in [-0.2, 0) is 4.74 Å². The molecule has 0 aromatic rings. The normalized spacial score (nSPS) is 37.0. The third-order valence-corrected chi connectivity index (χ3v) is 3.71. The lowest BCUT2D eigenvalue weighted by Crippen LogP contribution is -2.41. The lowest BCUT2D eigenvalue weighted by atomic mass is 9.68. The Balaban J connectivity index is 2.07. The standard InChI is InChI=1S/C13H22O/c1-12(2)7-6-9-13(11-12)8-4-3-5-10-14-13/h3,5H,4,6-11H2,1-2H3/t13-/m0/s1. The summed E-state index contributed by atoms with van der Waals surface area (Å²) in [6, 6.07) is 0. The van der Waals surface area contributed by atoms with Crippen molar-refractivity contribution in [2.75, 3.05) is 6.61 Å². The zero-order valence-corrected chi connectivity index (χ0v) is 9.51. The molecule has 1 spiro atoms. The van der Waals surface area contributed by atoms with E-state index in [4.69, 9.17) is 4.74 Å². The first-order valence-electron chi connectivity index (χ1n) is 5.91. The van der Waals surface area contributed by atoms with E-state index < -0.39 is 0 Å². The van der Waals surface area contributed by atoms with Crippen LogP contribution in [0, 0.1) is 5.41 Å². The summed E-state index contributed by atoms with van der Waals surface area (Å²) < 4.78 is 6.08. The van der Waals surface area contributed by atoms with Gasteiger partial charge in [-0.25, -0.2) is 0 Å². The molecule has 2 rings (SSSR count). The van der Waals surface area contributed by atoms with Gasteiger partial charge in [0.15, 0.2) is 0 Å². The number of rotatable bonds is 0. The van der Waals surface area contributed by atoms with Crippen LogP contribution in [0.2, 0.25) is 0 Å². The summed E-state index contributed by atoms with van der Waals surface area (Å²) in [4.78, 5) is 0. The van der Waals surface area contributed by atoms with Gasteiger partial charge in [0.1, 0.15) is 0 Å². The predicted octanol–water partition coefficient (Wildman–Crippen LogP) is 3.69. The van der Waals surface area contributed by atoms with Crippen LogP contribution in [0.25, 0.3) is 0 Å². The summed E-state index contributed by atoms with van der Waals surface area (Å²) in [5, 5.41) is 0. The smallest absolute Gasteiger partial charge is 0.0694 e. The Labute approximate surface area is 87.5 Å². The Bertz CT molecular complexity index is 217. The van der Waals surface area contributed by atoms with Crippen LogP contribution in [0.1, 0.15) is 52.4 Å². The summed E-state index contributed by atoms with van der Waals surface area (Å²) in [6.07, 6.45) is 12.1. The summed E-state index contributed by atoms with van der Waals surface area (Å²) in [5.41, 5.74) is 0.702. The summed E-state index contributed by atoms with van der Waals surface area (Å²) in [5.74, 6) is 0. The molecule has 0 aromatic heterocycles. The fourth-order valence-corrected chi connectivity index (χ4v) is 3.10. The highest BCUT2D eigenvalue weighted by molar-refractivity contribution is 4.97. The first-order valence-corrected chi connectivity index (χ1v) is 5.91. The minimum atomic E-state index is 0.214. The van der Waals surface area contributed by atoms with Crippen LogP contribution in [-0.4, -0.2) is 12.2 Å².